The van der Waals surface area contributed by atoms with E-state index < -0.39 is 23.4 Å². The van der Waals surface area contributed by atoms with Crippen LogP contribution in [0.2, 0.25) is 0 Å². The zero-order chi connectivity index (χ0) is 21.5. The van der Waals surface area contributed by atoms with Crippen LogP contribution in [0.5, 0.6) is 5.75 Å². The van der Waals surface area contributed by atoms with Crippen molar-refractivity contribution in [2.75, 3.05) is 10.1 Å². The molecule has 6 nitrogen and oxygen atoms in total. The van der Waals surface area contributed by atoms with Crippen LogP contribution in [0.4, 0.5) is 24.5 Å². The Morgan fingerprint density at radius 3 is 2.52 bits per heavy atom. The van der Waals surface area contributed by atoms with Crippen molar-refractivity contribution in [3.63, 3.8) is 0 Å². The quantitative estimate of drug-likeness (QED) is 0.301. The number of anilines is 2. The SMILES string of the molecule is O=C1/C(=C/c2cc(Br)c(O)c(N(O)O)c2)SC(=S)N1c1cccc(C(F)(F)F)c1. The Kier molecular flexibility index (Phi) is 5.92. The third-order valence-corrected chi connectivity index (χ3v) is 5.71. The highest BCUT2D eigenvalue weighted by Gasteiger charge is 2.36. The summed E-state index contributed by atoms with van der Waals surface area (Å²) in [7, 11) is 0. The van der Waals surface area contributed by atoms with Gasteiger partial charge in [-0.05, 0) is 57.9 Å². The Balaban J connectivity index is 1.98. The number of phenols is 1. The molecule has 152 valence electrons. The largest absolute Gasteiger partial charge is 0.504 e. The standard InChI is InChI=1S/C17H10BrF3N2O4S2/c18-11-4-8(5-12(14(11)24)23(26)27)6-13-15(25)22(16(28)29-13)10-3-1-2-9(7-10)17(19,20)21/h1-7,24,26-27H/b13-6-. The van der Waals surface area contributed by atoms with Crippen molar-refractivity contribution in [2.45, 2.75) is 6.18 Å². The van der Waals surface area contributed by atoms with Gasteiger partial charge in [-0.3, -0.25) is 20.1 Å². The summed E-state index contributed by atoms with van der Waals surface area (Å²) in [5, 5.41) is 27.9. The molecule has 29 heavy (non-hydrogen) atoms. The molecular weight excluding hydrogens is 497 g/mol. The third-order valence-electron chi connectivity index (χ3n) is 3.80. The van der Waals surface area contributed by atoms with Crippen molar-refractivity contribution < 1.29 is 33.5 Å². The van der Waals surface area contributed by atoms with Crippen molar-refractivity contribution in [2.24, 2.45) is 0 Å². The van der Waals surface area contributed by atoms with Crippen LogP contribution in [-0.2, 0) is 11.0 Å². The fraction of sp³-hybridized carbons (Fsp3) is 0.0588. The molecule has 1 amide bonds. The highest BCUT2D eigenvalue weighted by Crippen LogP contribution is 2.40. The molecule has 2 aromatic carbocycles. The monoisotopic (exact) mass is 506 g/mol. The lowest BCUT2D eigenvalue weighted by Gasteiger charge is -2.16. The number of alkyl halides is 3. The summed E-state index contributed by atoms with van der Waals surface area (Å²) in [5.74, 6) is -1.07. The number of nitrogens with zero attached hydrogens (tertiary/aromatic N) is 2. The van der Waals surface area contributed by atoms with Gasteiger partial charge in [0.15, 0.2) is 10.1 Å². The number of halogens is 4. The van der Waals surface area contributed by atoms with Crippen molar-refractivity contribution >= 4 is 67.6 Å². The first-order chi connectivity index (χ1) is 13.5. The number of benzene rings is 2. The van der Waals surface area contributed by atoms with Crippen LogP contribution in [-0.4, -0.2) is 25.7 Å². The maximum absolute atomic E-state index is 13.0. The van der Waals surface area contributed by atoms with Crippen molar-refractivity contribution in [3.05, 3.63) is 56.9 Å². The average molecular weight is 507 g/mol. The zero-order valence-corrected chi connectivity index (χ0v) is 17.2. The Labute approximate surface area is 179 Å². The first-order valence-electron chi connectivity index (χ1n) is 7.64. The molecule has 0 bridgehead atoms. The molecule has 0 spiro atoms. The van der Waals surface area contributed by atoms with E-state index in [4.69, 9.17) is 12.2 Å². The number of carbonyl (C=O) groups is 1. The number of hydrogen-bond acceptors (Lipinski definition) is 7. The minimum Gasteiger partial charge on any atom is -0.504 e. The summed E-state index contributed by atoms with van der Waals surface area (Å²) in [6.45, 7) is 0. The summed E-state index contributed by atoms with van der Waals surface area (Å²) in [5.41, 5.74) is -0.970. The van der Waals surface area contributed by atoms with Gasteiger partial charge in [0.25, 0.3) is 5.91 Å². The lowest BCUT2D eigenvalue weighted by Crippen LogP contribution is -2.27. The normalized spacial score (nSPS) is 16.1. The van der Waals surface area contributed by atoms with Crippen molar-refractivity contribution in [3.8, 4) is 5.75 Å². The Morgan fingerprint density at radius 1 is 1.21 bits per heavy atom. The molecule has 2 aromatic rings. The van der Waals surface area contributed by atoms with E-state index >= 15 is 0 Å². The van der Waals surface area contributed by atoms with E-state index in [1.54, 1.807) is 0 Å². The van der Waals surface area contributed by atoms with Crippen LogP contribution in [0.15, 0.2) is 45.8 Å². The molecule has 0 aromatic heterocycles. The van der Waals surface area contributed by atoms with Crippen LogP contribution < -0.4 is 10.1 Å². The molecule has 0 radical (unpaired) electrons. The van der Waals surface area contributed by atoms with Gasteiger partial charge in [0.2, 0.25) is 0 Å². The molecule has 3 N–H and O–H groups in total. The van der Waals surface area contributed by atoms with Gasteiger partial charge < -0.3 is 5.11 Å². The van der Waals surface area contributed by atoms with E-state index in [1.807, 2.05) is 0 Å². The number of thiocarbonyl (C=S) groups is 1. The second kappa shape index (κ2) is 7.95. The molecule has 1 aliphatic heterocycles. The second-order valence-electron chi connectivity index (χ2n) is 5.73. The number of aromatic hydroxyl groups is 1. The highest BCUT2D eigenvalue weighted by molar-refractivity contribution is 9.10. The average Bonchev–Trinajstić information content (AvgIpc) is 2.90. The van der Waals surface area contributed by atoms with Crippen molar-refractivity contribution in [1.29, 1.82) is 0 Å². The van der Waals surface area contributed by atoms with Crippen LogP contribution in [0, 0.1) is 0 Å². The van der Waals surface area contributed by atoms with E-state index in [-0.39, 0.29) is 30.3 Å². The van der Waals surface area contributed by atoms with E-state index in [2.05, 4.69) is 15.9 Å². The van der Waals surface area contributed by atoms with Gasteiger partial charge >= 0.3 is 6.18 Å². The third kappa shape index (κ3) is 4.41. The molecule has 0 saturated carbocycles. The summed E-state index contributed by atoms with van der Waals surface area (Å²) < 4.78 is 39.1. The van der Waals surface area contributed by atoms with Gasteiger partial charge in [-0.25, -0.2) is 0 Å². The van der Waals surface area contributed by atoms with Crippen LogP contribution in [0.1, 0.15) is 11.1 Å². The van der Waals surface area contributed by atoms with Crippen LogP contribution >= 0.6 is 39.9 Å². The van der Waals surface area contributed by atoms with Crippen molar-refractivity contribution in [1.82, 2.24) is 0 Å². The highest BCUT2D eigenvalue weighted by atomic mass is 79.9. The Hall–Kier alpha value is -2.12. The lowest BCUT2D eigenvalue weighted by atomic mass is 10.1. The summed E-state index contributed by atoms with van der Waals surface area (Å²) in [6, 6.07) is 6.85. The lowest BCUT2D eigenvalue weighted by molar-refractivity contribution is -0.137. The maximum Gasteiger partial charge on any atom is 0.416 e. The first-order valence-corrected chi connectivity index (χ1v) is 9.66. The van der Waals surface area contributed by atoms with E-state index in [9.17, 15) is 33.5 Å². The molecule has 1 aliphatic rings. The van der Waals surface area contributed by atoms with E-state index in [1.165, 1.54) is 30.3 Å². The number of thioether (sulfide) groups is 1. The topological polar surface area (TPSA) is 84.2 Å². The number of phenolic OH excluding ortho intramolecular Hbond substituents is 1. The molecule has 12 heteroatoms. The Morgan fingerprint density at radius 2 is 1.90 bits per heavy atom. The van der Waals surface area contributed by atoms with Gasteiger partial charge in [0.05, 0.1) is 20.6 Å². The predicted octanol–water partition coefficient (Wildman–Crippen LogP) is 5.16. The molecule has 3 rings (SSSR count). The molecule has 1 fully saturated rings. The number of rotatable bonds is 3. The maximum atomic E-state index is 13.0. The smallest absolute Gasteiger partial charge is 0.416 e. The predicted molar refractivity (Wildman–Crippen MR) is 109 cm³/mol. The minimum absolute atomic E-state index is 0.0183. The molecule has 1 saturated heterocycles. The molecule has 0 atom stereocenters. The van der Waals surface area contributed by atoms with E-state index in [0.717, 1.165) is 28.8 Å². The van der Waals surface area contributed by atoms with Gasteiger partial charge in [-0.2, -0.15) is 13.2 Å². The summed E-state index contributed by atoms with van der Waals surface area (Å²) in [6.07, 6.45) is -3.20. The summed E-state index contributed by atoms with van der Waals surface area (Å²) >= 11 is 9.09. The van der Waals surface area contributed by atoms with Crippen LogP contribution in [0.3, 0.4) is 0 Å². The first kappa shape index (κ1) is 21.6. The Bertz CT molecular complexity index is 1040. The molecule has 0 aliphatic carbocycles. The fourth-order valence-corrected chi connectivity index (χ4v) is 4.27. The van der Waals surface area contributed by atoms with Crippen LogP contribution in [0.25, 0.3) is 6.08 Å². The number of carbonyl (C=O) groups excluding carboxylic acids is 1. The molecule has 0 unspecified atom stereocenters. The van der Waals surface area contributed by atoms with E-state index in [0.29, 0.717) is 5.56 Å². The van der Waals surface area contributed by atoms with Gasteiger partial charge in [-0.1, -0.05) is 30.0 Å². The summed E-state index contributed by atoms with van der Waals surface area (Å²) in [4.78, 5) is 13.8. The zero-order valence-electron chi connectivity index (χ0n) is 14.0. The number of hydrogen-bond donors (Lipinski definition) is 3. The fourth-order valence-electron chi connectivity index (χ4n) is 2.50. The number of amides is 1. The van der Waals surface area contributed by atoms with Gasteiger partial charge in [0, 0.05) is 0 Å². The van der Waals surface area contributed by atoms with Gasteiger partial charge in [-0.15, -0.1) is 5.23 Å². The second-order valence-corrected chi connectivity index (χ2v) is 8.26. The minimum atomic E-state index is -4.57. The van der Waals surface area contributed by atoms with Gasteiger partial charge in [0.1, 0.15) is 5.69 Å². The molecular formula is C17H10BrF3N2O4S2. The molecule has 1 heterocycles.